The van der Waals surface area contributed by atoms with E-state index >= 15 is 0 Å². The van der Waals surface area contributed by atoms with E-state index in [2.05, 4.69) is 0 Å². The van der Waals surface area contributed by atoms with E-state index < -0.39 is 16.8 Å². The number of carbonyl (C=O) groups excluding carboxylic acids is 1. The van der Waals surface area contributed by atoms with Crippen LogP contribution in [0.1, 0.15) is 33.6 Å². The van der Waals surface area contributed by atoms with E-state index in [0.717, 1.165) is 19.4 Å². The molecule has 0 radical (unpaired) electrons. The Kier molecular flexibility index (Phi) is 5.13. The van der Waals surface area contributed by atoms with E-state index in [1.807, 2.05) is 20.8 Å². The fourth-order valence-corrected chi connectivity index (χ4v) is 2.96. The number of ether oxygens (including phenoxy) is 1. The van der Waals surface area contributed by atoms with Crippen molar-refractivity contribution in [3.63, 3.8) is 0 Å². The minimum Gasteiger partial charge on any atom is -0.617 e. The molecule has 5 heteroatoms. The Hall–Kier alpha value is -0.420. The number of rotatable bonds is 2. The van der Waals surface area contributed by atoms with Crippen molar-refractivity contribution < 1.29 is 14.1 Å². The van der Waals surface area contributed by atoms with Gasteiger partial charge in [0.15, 0.2) is 0 Å². The highest BCUT2D eigenvalue weighted by Crippen LogP contribution is 2.20. The Bertz CT molecular complexity index is 263. The molecule has 0 N–H and O–H groups in total. The topological polar surface area (TPSA) is 52.6 Å². The quantitative estimate of drug-likeness (QED) is 0.715. The molecule has 0 aromatic carbocycles. The molecular weight excluding hydrogens is 238 g/mol. The summed E-state index contributed by atoms with van der Waals surface area (Å²) in [6.45, 7) is 7.03. The molecule has 0 spiro atoms. The fraction of sp³-hybridized carbons (Fsp3) is 0.917. The molecule has 2 atom stereocenters. The molecular formula is C12H23NO3S. The maximum Gasteiger partial charge on any atom is 0.410 e. The van der Waals surface area contributed by atoms with Crippen molar-refractivity contribution in [3.05, 3.63) is 0 Å². The van der Waals surface area contributed by atoms with E-state index in [4.69, 9.17) is 4.74 Å². The van der Waals surface area contributed by atoms with Gasteiger partial charge in [0.2, 0.25) is 0 Å². The molecule has 0 saturated carbocycles. The number of nitrogens with zero attached hydrogens (tertiary/aromatic N) is 1. The van der Waals surface area contributed by atoms with Gasteiger partial charge in [0, 0.05) is 19.0 Å². The van der Waals surface area contributed by atoms with Crippen LogP contribution in [0, 0.1) is 5.92 Å². The molecule has 0 bridgehead atoms. The molecule has 1 rings (SSSR count). The fourth-order valence-electron chi connectivity index (χ4n) is 2.03. The highest BCUT2D eigenvalue weighted by molar-refractivity contribution is 7.90. The van der Waals surface area contributed by atoms with Crippen LogP contribution in [-0.2, 0) is 15.9 Å². The first-order valence-electron chi connectivity index (χ1n) is 6.06. The largest absolute Gasteiger partial charge is 0.617 e. The van der Waals surface area contributed by atoms with Gasteiger partial charge in [-0.15, -0.1) is 0 Å². The molecule has 4 nitrogen and oxygen atoms in total. The lowest BCUT2D eigenvalue weighted by atomic mass is 10.0. The van der Waals surface area contributed by atoms with Gasteiger partial charge >= 0.3 is 6.09 Å². The second-order valence-electron chi connectivity index (χ2n) is 5.67. The summed E-state index contributed by atoms with van der Waals surface area (Å²) >= 11 is -0.789. The summed E-state index contributed by atoms with van der Waals surface area (Å²) in [7, 11) is 0. The van der Waals surface area contributed by atoms with Crippen molar-refractivity contribution in [3.8, 4) is 0 Å². The predicted molar refractivity (Wildman–Crippen MR) is 69.5 cm³/mol. The molecule has 0 aromatic rings. The summed E-state index contributed by atoms with van der Waals surface area (Å²) in [6, 6.07) is 0. The molecule has 1 saturated heterocycles. The maximum absolute atomic E-state index is 11.9. The van der Waals surface area contributed by atoms with Crippen molar-refractivity contribution in [1.82, 2.24) is 4.90 Å². The van der Waals surface area contributed by atoms with Gasteiger partial charge in [-0.05, 0) is 33.6 Å². The first-order chi connectivity index (χ1) is 7.78. The highest BCUT2D eigenvalue weighted by Gasteiger charge is 2.28. The molecule has 2 unspecified atom stereocenters. The summed E-state index contributed by atoms with van der Waals surface area (Å²) in [4.78, 5) is 13.6. The van der Waals surface area contributed by atoms with Crippen molar-refractivity contribution >= 4 is 17.3 Å². The third-order valence-corrected chi connectivity index (χ3v) is 3.58. The zero-order chi connectivity index (χ0) is 13.1. The van der Waals surface area contributed by atoms with Gasteiger partial charge in [-0.25, -0.2) is 4.79 Å². The molecule has 17 heavy (non-hydrogen) atoms. The molecule has 1 fully saturated rings. The average Bonchev–Trinajstić information content (AvgIpc) is 2.14. The Morgan fingerprint density at radius 3 is 2.71 bits per heavy atom. The van der Waals surface area contributed by atoms with Crippen molar-refractivity contribution in [2.24, 2.45) is 5.92 Å². The van der Waals surface area contributed by atoms with E-state index in [9.17, 15) is 9.35 Å². The second-order valence-corrected chi connectivity index (χ2v) is 7.15. The Morgan fingerprint density at radius 2 is 2.18 bits per heavy atom. The molecule has 0 aromatic heterocycles. The van der Waals surface area contributed by atoms with Crippen LogP contribution in [0.5, 0.6) is 0 Å². The van der Waals surface area contributed by atoms with E-state index in [-0.39, 0.29) is 6.09 Å². The van der Waals surface area contributed by atoms with Crippen LogP contribution in [0.15, 0.2) is 0 Å². The molecule has 1 aliphatic rings. The second kappa shape index (κ2) is 5.96. The summed E-state index contributed by atoms with van der Waals surface area (Å²) in [5.74, 6) is 1.03. The minimum atomic E-state index is -0.789. The number of likely N-dealkylation sites (tertiary alicyclic amines) is 1. The van der Waals surface area contributed by atoms with Crippen molar-refractivity contribution in [1.29, 1.82) is 0 Å². The third-order valence-electron chi connectivity index (χ3n) is 2.64. The first-order valence-corrected chi connectivity index (χ1v) is 7.78. The maximum atomic E-state index is 11.9. The summed E-state index contributed by atoms with van der Waals surface area (Å²) in [5.41, 5.74) is -0.447. The van der Waals surface area contributed by atoms with Crippen LogP contribution < -0.4 is 0 Å². The van der Waals surface area contributed by atoms with Crippen molar-refractivity contribution in [2.75, 3.05) is 25.1 Å². The van der Waals surface area contributed by atoms with Gasteiger partial charge in [-0.3, -0.25) is 0 Å². The Balaban J connectivity index is 2.46. The van der Waals surface area contributed by atoms with Gasteiger partial charge in [0.05, 0.1) is 6.26 Å². The van der Waals surface area contributed by atoms with Gasteiger partial charge in [0.25, 0.3) is 0 Å². The van der Waals surface area contributed by atoms with Crippen LogP contribution in [0.3, 0.4) is 0 Å². The van der Waals surface area contributed by atoms with E-state index in [1.54, 1.807) is 11.2 Å². The lowest BCUT2D eigenvalue weighted by molar-refractivity contribution is 0.0176. The first kappa shape index (κ1) is 14.6. The highest BCUT2D eigenvalue weighted by atomic mass is 32.2. The van der Waals surface area contributed by atoms with Crippen LogP contribution in [0.4, 0.5) is 4.79 Å². The van der Waals surface area contributed by atoms with Gasteiger partial charge in [-0.2, -0.15) is 0 Å². The lowest BCUT2D eigenvalue weighted by Crippen LogP contribution is -2.44. The predicted octanol–water partition coefficient (Wildman–Crippen LogP) is 2.01. The number of piperidine rings is 1. The van der Waals surface area contributed by atoms with Gasteiger partial charge in [0.1, 0.15) is 11.4 Å². The molecule has 1 aliphatic heterocycles. The molecule has 0 aliphatic carbocycles. The zero-order valence-corrected chi connectivity index (χ0v) is 12.0. The van der Waals surface area contributed by atoms with E-state index in [0.29, 0.717) is 18.2 Å². The van der Waals surface area contributed by atoms with Crippen LogP contribution >= 0.6 is 0 Å². The number of hydrogen-bond donors (Lipinski definition) is 0. The van der Waals surface area contributed by atoms with Gasteiger partial charge in [-0.1, -0.05) is 11.2 Å². The Morgan fingerprint density at radius 1 is 1.53 bits per heavy atom. The molecule has 1 amide bonds. The molecule has 1 heterocycles. The summed E-state index contributed by atoms with van der Waals surface area (Å²) < 4.78 is 16.5. The van der Waals surface area contributed by atoms with Crippen LogP contribution in [-0.4, -0.2) is 46.2 Å². The number of carbonyl (C=O) groups is 1. The SMILES string of the molecule is C[S+]([O-])CC1CCCN(C(=O)OC(C)(C)C)C1. The summed E-state index contributed by atoms with van der Waals surface area (Å²) in [5, 5.41) is 0. The normalized spacial score (nSPS) is 23.4. The summed E-state index contributed by atoms with van der Waals surface area (Å²) in [6.07, 6.45) is 3.50. The Labute approximate surface area is 107 Å². The third kappa shape index (κ3) is 5.64. The monoisotopic (exact) mass is 261 g/mol. The van der Waals surface area contributed by atoms with Crippen LogP contribution in [0.25, 0.3) is 0 Å². The van der Waals surface area contributed by atoms with Crippen molar-refractivity contribution in [2.45, 2.75) is 39.2 Å². The lowest BCUT2D eigenvalue weighted by Gasteiger charge is -2.33. The standard InChI is InChI=1S/C12H23NO3S/c1-12(2,3)16-11(14)13-7-5-6-10(8-13)9-17(4)15/h10H,5-9H2,1-4H3. The molecule has 100 valence electrons. The number of hydrogen-bond acceptors (Lipinski definition) is 3. The number of amides is 1. The smallest absolute Gasteiger partial charge is 0.410 e. The van der Waals surface area contributed by atoms with Gasteiger partial charge < -0.3 is 14.2 Å². The minimum absolute atomic E-state index is 0.246. The van der Waals surface area contributed by atoms with Crippen LogP contribution in [0.2, 0.25) is 0 Å². The van der Waals surface area contributed by atoms with E-state index in [1.165, 1.54) is 0 Å². The zero-order valence-electron chi connectivity index (χ0n) is 11.2. The average molecular weight is 261 g/mol.